The second-order valence-electron chi connectivity index (χ2n) is 0. The van der Waals surface area contributed by atoms with Crippen molar-refractivity contribution < 1.29 is 69.4 Å². The van der Waals surface area contributed by atoms with Crippen molar-refractivity contribution in [2.45, 2.75) is 0 Å². The van der Waals surface area contributed by atoms with Crippen molar-refractivity contribution >= 4 is 37.7 Å². The Bertz CT molecular complexity index is 13.0. The van der Waals surface area contributed by atoms with Gasteiger partial charge in [-0.3, -0.25) is 0 Å². The van der Waals surface area contributed by atoms with E-state index < -0.39 is 0 Å². The minimum Gasteiger partial charge on any atom is -0.870 e. The molecule has 0 saturated carbocycles. The third-order valence-corrected chi connectivity index (χ3v) is 0. The summed E-state index contributed by atoms with van der Waals surface area (Å²) < 4.78 is 0. The van der Waals surface area contributed by atoms with E-state index in [2.05, 4.69) is 0 Å². The molecule has 0 aliphatic rings. The predicted molar refractivity (Wildman–Crippen MR) is 17.4 cm³/mol. The molecule has 0 aliphatic heterocycles. The predicted octanol–water partition coefficient (Wildman–Crippen LogP) is -1.45. The summed E-state index contributed by atoms with van der Waals surface area (Å²) in [6.45, 7) is 0. The van der Waals surface area contributed by atoms with Crippen molar-refractivity contribution in [1.82, 2.24) is 0 Å². The van der Waals surface area contributed by atoms with Crippen LogP contribution in [0, 0.1) is 0 Å². The molecule has 6 N–H and O–H groups in total. The zero-order chi connectivity index (χ0) is 0. The van der Waals surface area contributed by atoms with Crippen LogP contribution in [-0.2, 0) is 36.5 Å². The van der Waals surface area contributed by atoms with Gasteiger partial charge in [-0.1, -0.05) is 0 Å². The van der Waals surface area contributed by atoms with Crippen molar-refractivity contribution in [3.05, 3.63) is 0 Å². The third-order valence-electron chi connectivity index (χ3n) is 0. The molecule has 0 amide bonds. The minimum absolute atomic E-state index is 0. The molecular formula is H6CaFeO6Zn. The van der Waals surface area contributed by atoms with Crippen LogP contribution in [0.3, 0.4) is 0 Å². The number of hydrogen-bond donors (Lipinski definition) is 0. The summed E-state index contributed by atoms with van der Waals surface area (Å²) >= 11 is 0. The van der Waals surface area contributed by atoms with Crippen LogP contribution in [-0.4, -0.2) is 70.6 Å². The van der Waals surface area contributed by atoms with E-state index in [0.29, 0.717) is 0 Å². The maximum atomic E-state index is 0. The van der Waals surface area contributed by atoms with E-state index in [9.17, 15) is 0 Å². The summed E-state index contributed by atoms with van der Waals surface area (Å²) in [5.41, 5.74) is 0. The van der Waals surface area contributed by atoms with Crippen molar-refractivity contribution in [2.24, 2.45) is 0 Å². The average Bonchev–Trinajstić information content (AvgIpc) is 0. The first kappa shape index (κ1) is 247. The Balaban J connectivity index is 0. The van der Waals surface area contributed by atoms with Gasteiger partial charge in [-0.2, -0.15) is 0 Å². The molecule has 0 saturated heterocycles. The van der Waals surface area contributed by atoms with Gasteiger partial charge in [0.1, 0.15) is 0 Å². The monoisotopic (exact) mass is 262 g/mol. The van der Waals surface area contributed by atoms with Crippen LogP contribution in [0.5, 0.6) is 0 Å². The van der Waals surface area contributed by atoms with E-state index in [1.165, 1.54) is 0 Å². The normalized spacial score (nSPS) is 0. The Hall–Kier alpha value is 2.16. The Morgan fingerprint density at radius 2 is 0.444 bits per heavy atom. The zero-order valence-electron chi connectivity index (χ0n) is 4.45. The van der Waals surface area contributed by atoms with Crippen molar-refractivity contribution in [1.29, 1.82) is 0 Å². The maximum Gasteiger partial charge on any atom is 2.00 e. The first-order valence-corrected chi connectivity index (χ1v) is 0. The summed E-state index contributed by atoms with van der Waals surface area (Å²) in [5.74, 6) is 0. The van der Waals surface area contributed by atoms with Crippen LogP contribution in [0.4, 0.5) is 0 Å². The molecule has 0 unspecified atom stereocenters. The van der Waals surface area contributed by atoms with Gasteiger partial charge < -0.3 is 32.9 Å². The molecule has 0 aliphatic carbocycles. The third kappa shape index (κ3) is 145. The fourth-order valence-corrected chi connectivity index (χ4v) is 0. The van der Waals surface area contributed by atoms with E-state index in [0.717, 1.165) is 0 Å². The van der Waals surface area contributed by atoms with E-state index in [-0.39, 0.29) is 107 Å². The molecule has 0 spiro atoms. The van der Waals surface area contributed by atoms with Gasteiger partial charge in [0.25, 0.3) is 0 Å². The van der Waals surface area contributed by atoms with Crippen molar-refractivity contribution in [3.8, 4) is 0 Å². The largest absolute Gasteiger partial charge is 2.00 e. The topological polar surface area (TPSA) is 180 Å². The summed E-state index contributed by atoms with van der Waals surface area (Å²) in [6, 6.07) is 0. The van der Waals surface area contributed by atoms with Gasteiger partial charge in [0.05, 0.1) is 0 Å². The quantitative estimate of drug-likeness (QED) is 0.482. The Morgan fingerprint density at radius 3 is 0.444 bits per heavy atom. The second kappa shape index (κ2) is 182. The molecule has 9 heteroatoms. The first-order chi connectivity index (χ1) is 0. The average molecular weight is 263 g/mol. The zero-order valence-corrected chi connectivity index (χ0v) is 10.7. The van der Waals surface area contributed by atoms with Gasteiger partial charge >= 0.3 is 74.3 Å². The van der Waals surface area contributed by atoms with Gasteiger partial charge in [-0.15, -0.1) is 0 Å². The summed E-state index contributed by atoms with van der Waals surface area (Å²) in [7, 11) is 0. The molecule has 0 fully saturated rings. The minimum atomic E-state index is 0. The van der Waals surface area contributed by atoms with E-state index >= 15 is 0 Å². The Kier molecular flexibility index (Phi) is 5000. The molecule has 0 rings (SSSR count). The molecule has 0 aromatic heterocycles. The molecule has 0 heterocycles. The number of hydrogen-bond acceptors (Lipinski definition) is 6. The second-order valence-corrected chi connectivity index (χ2v) is 0. The summed E-state index contributed by atoms with van der Waals surface area (Å²) in [4.78, 5) is 0. The summed E-state index contributed by atoms with van der Waals surface area (Å²) in [6.07, 6.45) is 0. The van der Waals surface area contributed by atoms with Crippen LogP contribution >= 0.6 is 0 Å². The molecule has 0 bridgehead atoms. The Morgan fingerprint density at radius 1 is 0.444 bits per heavy atom. The SMILES string of the molecule is [Ca+2].[Fe+2].[OH-].[OH-].[OH-].[OH-].[OH-].[OH-].[Zn+2]. The van der Waals surface area contributed by atoms with E-state index in [1.807, 2.05) is 0 Å². The first-order valence-electron chi connectivity index (χ1n) is 0. The van der Waals surface area contributed by atoms with Crippen LogP contribution in [0.2, 0.25) is 0 Å². The van der Waals surface area contributed by atoms with Gasteiger partial charge in [-0.25, -0.2) is 0 Å². The Labute approximate surface area is 106 Å². The van der Waals surface area contributed by atoms with Gasteiger partial charge in [0.15, 0.2) is 0 Å². The van der Waals surface area contributed by atoms with Crippen LogP contribution in [0.15, 0.2) is 0 Å². The van der Waals surface area contributed by atoms with Gasteiger partial charge in [-0.05, 0) is 0 Å². The van der Waals surface area contributed by atoms with Gasteiger partial charge in [0, 0.05) is 0 Å². The van der Waals surface area contributed by atoms with Crippen molar-refractivity contribution in [3.63, 3.8) is 0 Å². The smallest absolute Gasteiger partial charge is 0.870 e. The van der Waals surface area contributed by atoms with Crippen molar-refractivity contribution in [2.75, 3.05) is 0 Å². The fraction of sp³-hybridized carbons (Fsp3) is 0. The van der Waals surface area contributed by atoms with E-state index in [1.54, 1.807) is 0 Å². The summed E-state index contributed by atoms with van der Waals surface area (Å²) in [5, 5.41) is 0. The van der Waals surface area contributed by atoms with Crippen LogP contribution in [0.1, 0.15) is 0 Å². The fourth-order valence-electron chi connectivity index (χ4n) is 0. The maximum absolute atomic E-state index is 0. The number of rotatable bonds is 0. The molecule has 9 heavy (non-hydrogen) atoms. The molecule has 0 aromatic rings. The molecular weight excluding hydrogens is 257 g/mol. The molecule has 6 nitrogen and oxygen atoms in total. The standard InChI is InChI=1S/Ca.Fe.6H2O.Zn/h;;6*1H2;/q2*+2;;;;;;;+2/p-6. The van der Waals surface area contributed by atoms with Crippen LogP contribution < -0.4 is 0 Å². The molecule has 54 valence electrons. The molecule has 0 atom stereocenters. The van der Waals surface area contributed by atoms with Gasteiger partial charge in [0.2, 0.25) is 0 Å². The van der Waals surface area contributed by atoms with E-state index in [4.69, 9.17) is 0 Å². The van der Waals surface area contributed by atoms with Crippen LogP contribution in [0.25, 0.3) is 0 Å². The molecule has 0 radical (unpaired) electrons. The molecule has 0 aromatic carbocycles.